The molecule has 96 valence electrons. The molecule has 0 spiro atoms. The summed E-state index contributed by atoms with van der Waals surface area (Å²) < 4.78 is 0. The molecule has 0 amide bonds. The molecule has 0 aromatic heterocycles. The first kappa shape index (κ1) is 16.0. The summed E-state index contributed by atoms with van der Waals surface area (Å²) in [4.78, 5) is 4.42. The van der Waals surface area contributed by atoms with Gasteiger partial charge in [-0.05, 0) is 31.6 Å². The van der Waals surface area contributed by atoms with Crippen LogP contribution in [0.3, 0.4) is 0 Å². The number of aliphatic hydroxyl groups excluding tert-OH is 1. The van der Waals surface area contributed by atoms with Crippen molar-refractivity contribution in [2.24, 2.45) is 16.8 Å². The van der Waals surface area contributed by atoms with Crippen LogP contribution in [0.2, 0.25) is 0 Å². The zero-order chi connectivity index (χ0) is 11.1. The van der Waals surface area contributed by atoms with Crippen LogP contribution in [0.1, 0.15) is 26.7 Å². The fourth-order valence-corrected chi connectivity index (χ4v) is 1.21. The number of nitrogens with zero attached hydrogens (tertiary/aromatic N) is 1. The van der Waals surface area contributed by atoms with E-state index in [1.807, 2.05) is 6.92 Å². The van der Waals surface area contributed by atoms with Crippen LogP contribution < -0.4 is 10.6 Å². The maximum absolute atomic E-state index is 8.90. The molecule has 5 heteroatoms. The standard InChI is InChI=1S/C11H23N3O.HI/c1-3-12-11(13-6-9(2)8-15)14-7-10-4-5-10;/h9-10,15H,3-8H2,1-2H3,(H2,12,13,14);1H. The summed E-state index contributed by atoms with van der Waals surface area (Å²) >= 11 is 0. The highest BCUT2D eigenvalue weighted by Gasteiger charge is 2.20. The monoisotopic (exact) mass is 341 g/mol. The molecule has 4 nitrogen and oxygen atoms in total. The fraction of sp³-hybridized carbons (Fsp3) is 0.909. The van der Waals surface area contributed by atoms with Gasteiger partial charge in [-0.15, -0.1) is 24.0 Å². The van der Waals surface area contributed by atoms with Gasteiger partial charge in [0.2, 0.25) is 0 Å². The zero-order valence-electron chi connectivity index (χ0n) is 10.2. The van der Waals surface area contributed by atoms with Gasteiger partial charge in [0.25, 0.3) is 0 Å². The minimum Gasteiger partial charge on any atom is -0.396 e. The summed E-state index contributed by atoms with van der Waals surface area (Å²) in [6.07, 6.45) is 2.69. The Kier molecular flexibility index (Phi) is 9.02. The van der Waals surface area contributed by atoms with Crippen LogP contribution in [-0.2, 0) is 0 Å². The van der Waals surface area contributed by atoms with E-state index in [-0.39, 0.29) is 36.5 Å². The molecular formula is C11H24IN3O. The highest BCUT2D eigenvalue weighted by atomic mass is 127. The lowest BCUT2D eigenvalue weighted by Gasteiger charge is -2.11. The molecule has 0 aromatic carbocycles. The number of hydrogen-bond acceptors (Lipinski definition) is 2. The van der Waals surface area contributed by atoms with Crippen LogP contribution in [-0.4, -0.2) is 37.3 Å². The quantitative estimate of drug-likeness (QED) is 0.387. The van der Waals surface area contributed by atoms with Gasteiger partial charge in [-0.25, -0.2) is 0 Å². The van der Waals surface area contributed by atoms with Gasteiger partial charge < -0.3 is 15.7 Å². The molecule has 1 aliphatic carbocycles. The van der Waals surface area contributed by atoms with Crippen molar-refractivity contribution >= 4 is 29.9 Å². The Labute approximate surface area is 115 Å². The Morgan fingerprint density at radius 2 is 2.12 bits per heavy atom. The van der Waals surface area contributed by atoms with Gasteiger partial charge in [0.1, 0.15) is 0 Å². The van der Waals surface area contributed by atoms with Crippen molar-refractivity contribution in [1.82, 2.24) is 10.6 Å². The summed E-state index contributed by atoms with van der Waals surface area (Å²) in [5, 5.41) is 15.4. The lowest BCUT2D eigenvalue weighted by atomic mass is 10.2. The van der Waals surface area contributed by atoms with Crippen LogP contribution in [0.5, 0.6) is 0 Å². The molecule has 1 unspecified atom stereocenters. The van der Waals surface area contributed by atoms with Gasteiger partial charge in [0.15, 0.2) is 5.96 Å². The van der Waals surface area contributed by atoms with Crippen molar-refractivity contribution in [1.29, 1.82) is 0 Å². The molecule has 1 saturated carbocycles. The molecule has 16 heavy (non-hydrogen) atoms. The molecule has 1 aliphatic rings. The van der Waals surface area contributed by atoms with E-state index in [9.17, 15) is 0 Å². The van der Waals surface area contributed by atoms with Crippen molar-refractivity contribution in [2.75, 3.05) is 26.2 Å². The maximum Gasteiger partial charge on any atom is 0.191 e. The van der Waals surface area contributed by atoms with E-state index in [4.69, 9.17) is 5.11 Å². The third-order valence-electron chi connectivity index (χ3n) is 2.47. The van der Waals surface area contributed by atoms with Crippen molar-refractivity contribution in [2.45, 2.75) is 26.7 Å². The summed E-state index contributed by atoms with van der Waals surface area (Å²) in [5.41, 5.74) is 0. The van der Waals surface area contributed by atoms with Gasteiger partial charge in [0, 0.05) is 26.2 Å². The average Bonchev–Trinajstić information content (AvgIpc) is 3.05. The van der Waals surface area contributed by atoms with E-state index >= 15 is 0 Å². The normalized spacial score (nSPS) is 17.6. The van der Waals surface area contributed by atoms with Crippen molar-refractivity contribution < 1.29 is 5.11 Å². The molecule has 3 N–H and O–H groups in total. The lowest BCUT2D eigenvalue weighted by molar-refractivity contribution is 0.241. The maximum atomic E-state index is 8.90. The van der Waals surface area contributed by atoms with Crippen LogP contribution >= 0.6 is 24.0 Å². The Balaban J connectivity index is 0.00000225. The molecule has 1 atom stereocenters. The fourth-order valence-electron chi connectivity index (χ4n) is 1.21. The molecule has 0 aromatic rings. The first-order chi connectivity index (χ1) is 7.26. The molecule has 1 rings (SSSR count). The number of guanidine groups is 1. The Morgan fingerprint density at radius 1 is 1.44 bits per heavy atom. The first-order valence-electron chi connectivity index (χ1n) is 5.89. The Hall–Kier alpha value is -0.0400. The van der Waals surface area contributed by atoms with Gasteiger partial charge in [-0.1, -0.05) is 6.92 Å². The Bertz CT molecular complexity index is 207. The van der Waals surface area contributed by atoms with E-state index in [2.05, 4.69) is 22.5 Å². The summed E-state index contributed by atoms with van der Waals surface area (Å²) in [6, 6.07) is 0. The molecule has 0 heterocycles. The first-order valence-corrected chi connectivity index (χ1v) is 5.89. The third-order valence-corrected chi connectivity index (χ3v) is 2.47. The third kappa shape index (κ3) is 7.27. The average molecular weight is 341 g/mol. The van der Waals surface area contributed by atoms with Crippen molar-refractivity contribution in [3.63, 3.8) is 0 Å². The minimum atomic E-state index is 0. The number of nitrogens with one attached hydrogen (secondary N) is 2. The smallest absolute Gasteiger partial charge is 0.191 e. The van der Waals surface area contributed by atoms with Crippen molar-refractivity contribution in [3.8, 4) is 0 Å². The van der Waals surface area contributed by atoms with Crippen LogP contribution in [0.4, 0.5) is 0 Å². The van der Waals surface area contributed by atoms with Gasteiger partial charge in [-0.3, -0.25) is 4.99 Å². The second-order valence-corrected chi connectivity index (χ2v) is 4.33. The van der Waals surface area contributed by atoms with Gasteiger partial charge in [0.05, 0.1) is 0 Å². The van der Waals surface area contributed by atoms with E-state index in [1.165, 1.54) is 12.8 Å². The number of hydrogen-bond donors (Lipinski definition) is 3. The van der Waals surface area contributed by atoms with E-state index in [0.29, 0.717) is 6.54 Å². The molecule has 0 radical (unpaired) electrons. The number of halogens is 1. The minimum absolute atomic E-state index is 0. The van der Waals surface area contributed by atoms with Gasteiger partial charge >= 0.3 is 0 Å². The highest BCUT2D eigenvalue weighted by Crippen LogP contribution is 2.27. The predicted octanol–water partition coefficient (Wildman–Crippen LogP) is 1.20. The van der Waals surface area contributed by atoms with Crippen molar-refractivity contribution in [3.05, 3.63) is 0 Å². The second kappa shape index (κ2) is 9.04. The van der Waals surface area contributed by atoms with Gasteiger partial charge in [-0.2, -0.15) is 0 Å². The SMILES string of the molecule is CCNC(=NCC(C)CO)NCC1CC1.I. The van der Waals surface area contributed by atoms with E-state index < -0.39 is 0 Å². The molecule has 0 saturated heterocycles. The lowest BCUT2D eigenvalue weighted by Crippen LogP contribution is -2.38. The van der Waals surface area contributed by atoms with Crippen LogP contribution in [0.25, 0.3) is 0 Å². The summed E-state index contributed by atoms with van der Waals surface area (Å²) in [6.45, 7) is 6.84. The largest absolute Gasteiger partial charge is 0.396 e. The zero-order valence-corrected chi connectivity index (χ0v) is 12.5. The van der Waals surface area contributed by atoms with Crippen LogP contribution in [0.15, 0.2) is 4.99 Å². The molecular weight excluding hydrogens is 317 g/mol. The number of rotatable bonds is 6. The van der Waals surface area contributed by atoms with E-state index in [1.54, 1.807) is 0 Å². The predicted molar refractivity (Wildman–Crippen MR) is 78.4 cm³/mol. The Morgan fingerprint density at radius 3 is 2.62 bits per heavy atom. The molecule has 0 aliphatic heterocycles. The summed E-state index contributed by atoms with van der Waals surface area (Å²) in [5.74, 6) is 1.97. The number of aliphatic hydroxyl groups is 1. The highest BCUT2D eigenvalue weighted by molar-refractivity contribution is 14.0. The summed E-state index contributed by atoms with van der Waals surface area (Å²) in [7, 11) is 0. The molecule has 0 bridgehead atoms. The molecule has 1 fully saturated rings. The second-order valence-electron chi connectivity index (χ2n) is 4.33. The van der Waals surface area contributed by atoms with Crippen LogP contribution in [0, 0.1) is 11.8 Å². The number of aliphatic imine (C=N–C) groups is 1. The topological polar surface area (TPSA) is 56.7 Å². The van der Waals surface area contributed by atoms with E-state index in [0.717, 1.165) is 25.0 Å².